The Bertz CT molecular complexity index is 1180. The predicted octanol–water partition coefficient (Wildman–Crippen LogP) is 5.28. The highest BCUT2D eigenvalue weighted by molar-refractivity contribution is 6.00. The van der Waals surface area contributed by atoms with E-state index in [-0.39, 0.29) is 36.7 Å². The van der Waals surface area contributed by atoms with Crippen molar-refractivity contribution in [3.63, 3.8) is 0 Å². The van der Waals surface area contributed by atoms with Crippen LogP contribution in [0.1, 0.15) is 80.0 Å². The molecule has 0 radical (unpaired) electrons. The fourth-order valence-electron chi connectivity index (χ4n) is 6.15. The van der Waals surface area contributed by atoms with Gasteiger partial charge in [0, 0.05) is 24.5 Å². The SMILES string of the molecule is CC(C)n1nccc1C(=O)NC(C(=O)Nc1ccc2c(c1)CCC2)C(C1CC1)C1CC1.FC(F)(F)C1CCNC1. The van der Waals surface area contributed by atoms with Crippen molar-refractivity contribution in [2.45, 2.75) is 83.5 Å². The van der Waals surface area contributed by atoms with Crippen LogP contribution in [0.2, 0.25) is 0 Å². The lowest BCUT2D eigenvalue weighted by molar-refractivity contribution is -0.168. The number of carbonyl (C=O) groups excluding carboxylic acids is 2. The Morgan fingerprint density at radius 3 is 2.30 bits per heavy atom. The van der Waals surface area contributed by atoms with Gasteiger partial charge in [-0.2, -0.15) is 18.3 Å². The molecule has 2 atom stereocenters. The Morgan fingerprint density at radius 1 is 1.02 bits per heavy atom. The number of hydrogen-bond donors (Lipinski definition) is 3. The highest BCUT2D eigenvalue weighted by Gasteiger charge is 2.48. The molecule has 6 rings (SSSR count). The molecule has 3 N–H and O–H groups in total. The van der Waals surface area contributed by atoms with Gasteiger partial charge >= 0.3 is 6.18 Å². The molecule has 1 aromatic carbocycles. The van der Waals surface area contributed by atoms with Crippen LogP contribution in [0.5, 0.6) is 0 Å². The van der Waals surface area contributed by atoms with E-state index >= 15 is 0 Å². The van der Waals surface area contributed by atoms with Crippen LogP contribution in [-0.2, 0) is 17.6 Å². The Morgan fingerprint density at radius 2 is 1.73 bits per heavy atom. The molecule has 1 saturated heterocycles. The number of aromatic nitrogens is 2. The van der Waals surface area contributed by atoms with E-state index in [0.29, 0.717) is 24.1 Å². The van der Waals surface area contributed by atoms with Crippen LogP contribution < -0.4 is 16.0 Å². The second kappa shape index (κ2) is 11.9. The summed E-state index contributed by atoms with van der Waals surface area (Å²) in [5.41, 5.74) is 4.07. The van der Waals surface area contributed by atoms with Crippen molar-refractivity contribution in [3.05, 3.63) is 47.3 Å². The maximum Gasteiger partial charge on any atom is 0.393 e. The molecule has 4 aliphatic rings. The first-order valence-corrected chi connectivity index (χ1v) is 14.7. The van der Waals surface area contributed by atoms with Gasteiger partial charge in [0.1, 0.15) is 11.7 Å². The highest BCUT2D eigenvalue weighted by Crippen LogP contribution is 2.51. The van der Waals surface area contributed by atoms with Gasteiger partial charge in [0.05, 0.1) is 5.92 Å². The number of hydrogen-bond acceptors (Lipinski definition) is 4. The summed E-state index contributed by atoms with van der Waals surface area (Å²) >= 11 is 0. The molecule has 7 nitrogen and oxygen atoms in total. The summed E-state index contributed by atoms with van der Waals surface area (Å²) in [5, 5.41) is 13.2. The number of alkyl halides is 3. The number of halogens is 3. The first kappa shape index (κ1) is 28.6. The highest BCUT2D eigenvalue weighted by atomic mass is 19.4. The van der Waals surface area contributed by atoms with Crippen LogP contribution in [0, 0.1) is 23.7 Å². The van der Waals surface area contributed by atoms with Crippen LogP contribution in [0.15, 0.2) is 30.5 Å². The third-order valence-electron chi connectivity index (χ3n) is 8.57. The topological polar surface area (TPSA) is 88.0 Å². The third-order valence-corrected chi connectivity index (χ3v) is 8.57. The number of amides is 2. The standard InChI is InChI=1S/C25H32N4O2.C5H8F3N/c1-15(2)29-21(12-13-26-29)24(30)28-23(22(17-6-7-17)18-8-9-18)25(31)27-20-11-10-16-4-3-5-19(16)14-20;6-5(7,8)4-1-2-9-3-4/h10-15,17-18,22-23H,3-9H2,1-2H3,(H,27,31)(H,28,30);4,9H,1-3H2. The molecule has 40 heavy (non-hydrogen) atoms. The average Bonchev–Trinajstić information content (AvgIpc) is 3.71. The number of anilines is 1. The molecule has 2 aromatic rings. The van der Waals surface area contributed by atoms with E-state index in [9.17, 15) is 22.8 Å². The van der Waals surface area contributed by atoms with Crippen LogP contribution in [0.4, 0.5) is 18.9 Å². The smallest absolute Gasteiger partial charge is 0.339 e. The summed E-state index contributed by atoms with van der Waals surface area (Å²) in [5.74, 6) is -0.110. The first-order valence-electron chi connectivity index (χ1n) is 14.7. The third kappa shape index (κ3) is 6.87. The summed E-state index contributed by atoms with van der Waals surface area (Å²) in [6.07, 6.45) is 5.91. The molecule has 3 aliphatic carbocycles. The van der Waals surface area contributed by atoms with Crippen molar-refractivity contribution < 1.29 is 22.8 Å². The van der Waals surface area contributed by atoms with Crippen LogP contribution in [0.25, 0.3) is 0 Å². The minimum absolute atomic E-state index is 0.0806. The Kier molecular flexibility index (Phi) is 8.54. The van der Waals surface area contributed by atoms with Crippen molar-refractivity contribution in [2.24, 2.45) is 23.7 Å². The molecule has 1 aromatic heterocycles. The molecule has 2 amide bonds. The largest absolute Gasteiger partial charge is 0.393 e. The Hall–Kier alpha value is -2.88. The van der Waals surface area contributed by atoms with Gasteiger partial charge in [0.15, 0.2) is 0 Å². The molecule has 0 spiro atoms. The quantitative estimate of drug-likeness (QED) is 0.411. The van der Waals surface area contributed by atoms with Crippen molar-refractivity contribution in [1.29, 1.82) is 0 Å². The number of rotatable bonds is 8. The van der Waals surface area contributed by atoms with Gasteiger partial charge in [-0.05, 0) is 119 Å². The molecule has 218 valence electrons. The van der Waals surface area contributed by atoms with E-state index < -0.39 is 18.1 Å². The molecule has 3 fully saturated rings. The first-order chi connectivity index (χ1) is 19.1. The monoisotopic (exact) mass is 559 g/mol. The molecule has 0 bridgehead atoms. The van der Waals surface area contributed by atoms with Gasteiger partial charge in [0.2, 0.25) is 5.91 Å². The molecular formula is C30H40F3N5O2. The van der Waals surface area contributed by atoms with E-state index in [1.54, 1.807) is 16.9 Å². The van der Waals surface area contributed by atoms with Crippen molar-refractivity contribution in [3.8, 4) is 0 Å². The fraction of sp³-hybridized carbons (Fsp3) is 0.633. The van der Waals surface area contributed by atoms with Crippen molar-refractivity contribution >= 4 is 17.5 Å². The van der Waals surface area contributed by atoms with E-state index in [4.69, 9.17) is 0 Å². The van der Waals surface area contributed by atoms with E-state index in [2.05, 4.69) is 33.2 Å². The lowest BCUT2D eigenvalue weighted by Gasteiger charge is -2.28. The van der Waals surface area contributed by atoms with Gasteiger partial charge in [0.25, 0.3) is 5.91 Å². The number of aryl methyl sites for hydroxylation is 2. The zero-order valence-corrected chi connectivity index (χ0v) is 23.3. The summed E-state index contributed by atoms with van der Waals surface area (Å²) in [6.45, 7) is 4.60. The van der Waals surface area contributed by atoms with Gasteiger partial charge in [-0.15, -0.1) is 0 Å². The molecular weight excluding hydrogens is 519 g/mol. The van der Waals surface area contributed by atoms with Crippen molar-refractivity contribution in [2.75, 3.05) is 18.4 Å². The van der Waals surface area contributed by atoms with Crippen molar-refractivity contribution in [1.82, 2.24) is 20.4 Å². The zero-order valence-electron chi connectivity index (χ0n) is 23.3. The molecule has 2 saturated carbocycles. The van der Waals surface area contributed by atoms with Crippen LogP contribution in [0.3, 0.4) is 0 Å². The minimum atomic E-state index is -3.98. The average molecular weight is 560 g/mol. The zero-order chi connectivity index (χ0) is 28.4. The number of fused-ring (bicyclic) bond motifs is 1. The van der Waals surface area contributed by atoms with E-state index in [1.807, 2.05) is 19.9 Å². The summed E-state index contributed by atoms with van der Waals surface area (Å²) < 4.78 is 36.9. The summed E-state index contributed by atoms with van der Waals surface area (Å²) in [4.78, 5) is 26.7. The maximum atomic E-state index is 13.5. The predicted molar refractivity (Wildman–Crippen MR) is 147 cm³/mol. The lowest BCUT2D eigenvalue weighted by atomic mass is 9.88. The second-order valence-electron chi connectivity index (χ2n) is 12.0. The van der Waals surface area contributed by atoms with E-state index in [0.717, 1.165) is 44.2 Å². The maximum absolute atomic E-state index is 13.5. The number of nitrogens with one attached hydrogen (secondary N) is 3. The molecule has 2 unspecified atom stereocenters. The fourth-order valence-corrected chi connectivity index (χ4v) is 6.15. The lowest BCUT2D eigenvalue weighted by Crippen LogP contribution is -2.50. The Balaban J connectivity index is 0.000000306. The Labute approximate surface area is 233 Å². The van der Waals surface area contributed by atoms with Crippen LogP contribution >= 0.6 is 0 Å². The van der Waals surface area contributed by atoms with Gasteiger partial charge in [-0.3, -0.25) is 14.3 Å². The number of carbonyl (C=O) groups is 2. The molecule has 1 aliphatic heterocycles. The summed E-state index contributed by atoms with van der Waals surface area (Å²) in [6, 6.07) is 7.53. The second-order valence-corrected chi connectivity index (χ2v) is 12.0. The van der Waals surface area contributed by atoms with E-state index in [1.165, 1.54) is 17.5 Å². The normalized spacial score (nSPS) is 21.1. The van der Waals surface area contributed by atoms with Gasteiger partial charge in [-0.1, -0.05) is 6.07 Å². The number of benzene rings is 1. The molecule has 2 heterocycles. The van der Waals surface area contributed by atoms with Gasteiger partial charge in [-0.25, -0.2) is 0 Å². The summed E-state index contributed by atoms with van der Waals surface area (Å²) in [7, 11) is 0. The van der Waals surface area contributed by atoms with Crippen LogP contribution in [-0.4, -0.2) is 46.9 Å². The molecule has 10 heteroatoms. The minimum Gasteiger partial charge on any atom is -0.339 e. The number of nitrogens with zero attached hydrogens (tertiary/aromatic N) is 2. The van der Waals surface area contributed by atoms with Gasteiger partial charge < -0.3 is 16.0 Å².